The van der Waals surface area contributed by atoms with Gasteiger partial charge in [-0.05, 0) is 49.1 Å². The first-order valence-electron chi connectivity index (χ1n) is 11.1. The first-order chi connectivity index (χ1) is 16.0. The minimum atomic E-state index is -0.488. The standard InChI is InChI=1S/C25H29N5O2S/c1-4-5-13-33-25-28-24-27-17(3)21(23(26)31)22(30(24)29-25)18-11-8-12-20(14-18)32-15-19-10-7-6-9-16(19)2/h6-12,14,22H,4-5,13,15H2,1-3H3,(H2,26,31)(H,27,28,29). The summed E-state index contributed by atoms with van der Waals surface area (Å²) in [4.78, 5) is 17.1. The van der Waals surface area contributed by atoms with Crippen LogP contribution in [0.3, 0.4) is 0 Å². The topological polar surface area (TPSA) is 95.1 Å². The predicted octanol–water partition coefficient (Wildman–Crippen LogP) is 4.83. The van der Waals surface area contributed by atoms with Crippen LogP contribution in [0.5, 0.6) is 5.75 Å². The van der Waals surface area contributed by atoms with Crippen molar-refractivity contribution >= 4 is 23.6 Å². The monoisotopic (exact) mass is 463 g/mol. The molecule has 2 aromatic carbocycles. The van der Waals surface area contributed by atoms with Gasteiger partial charge in [0, 0.05) is 11.4 Å². The number of aryl methyl sites for hydroxylation is 1. The summed E-state index contributed by atoms with van der Waals surface area (Å²) in [5, 5.41) is 8.58. The molecule has 0 radical (unpaired) electrons. The average Bonchev–Trinajstić information content (AvgIpc) is 3.20. The number of ether oxygens (including phenoxy) is 1. The van der Waals surface area contributed by atoms with Gasteiger partial charge in [-0.3, -0.25) is 4.79 Å². The number of carbonyl (C=O) groups excluding carboxylic acids is 1. The normalized spacial score (nSPS) is 15.2. The van der Waals surface area contributed by atoms with Crippen molar-refractivity contribution in [3.8, 4) is 5.75 Å². The Bertz CT molecular complexity index is 1190. The second-order valence-corrected chi connectivity index (χ2v) is 9.14. The summed E-state index contributed by atoms with van der Waals surface area (Å²) in [5.74, 6) is 1.78. The van der Waals surface area contributed by atoms with Gasteiger partial charge >= 0.3 is 0 Å². The van der Waals surface area contributed by atoms with Gasteiger partial charge in [-0.15, -0.1) is 5.10 Å². The molecule has 8 heteroatoms. The number of carbonyl (C=O) groups is 1. The molecule has 0 fully saturated rings. The zero-order valence-electron chi connectivity index (χ0n) is 19.2. The third-order valence-electron chi connectivity index (χ3n) is 5.66. The third kappa shape index (κ3) is 5.06. The number of benzene rings is 2. The van der Waals surface area contributed by atoms with Crippen LogP contribution in [0.25, 0.3) is 0 Å². The number of amides is 1. The molecule has 1 aromatic heterocycles. The largest absolute Gasteiger partial charge is 0.489 e. The Morgan fingerprint density at radius 1 is 1.21 bits per heavy atom. The molecule has 4 rings (SSSR count). The molecule has 172 valence electrons. The van der Waals surface area contributed by atoms with Crippen molar-refractivity contribution < 1.29 is 9.53 Å². The molecule has 3 aromatic rings. The Balaban J connectivity index is 1.65. The maximum Gasteiger partial charge on any atom is 0.248 e. The van der Waals surface area contributed by atoms with Gasteiger partial charge in [0.25, 0.3) is 0 Å². The summed E-state index contributed by atoms with van der Waals surface area (Å²) >= 11 is 1.61. The van der Waals surface area contributed by atoms with Gasteiger partial charge in [-0.1, -0.05) is 61.5 Å². The number of nitrogens with one attached hydrogen (secondary N) is 1. The minimum Gasteiger partial charge on any atom is -0.489 e. The van der Waals surface area contributed by atoms with Crippen molar-refractivity contribution in [1.29, 1.82) is 0 Å². The molecule has 3 N–H and O–H groups in total. The Morgan fingerprint density at radius 2 is 2.03 bits per heavy atom. The summed E-state index contributed by atoms with van der Waals surface area (Å²) in [6.07, 6.45) is 2.21. The number of thioether (sulfide) groups is 1. The quantitative estimate of drug-likeness (QED) is 0.349. The van der Waals surface area contributed by atoms with Crippen LogP contribution in [-0.2, 0) is 11.4 Å². The van der Waals surface area contributed by atoms with Gasteiger partial charge in [-0.25, -0.2) is 4.68 Å². The molecule has 0 saturated carbocycles. The van der Waals surface area contributed by atoms with Crippen LogP contribution in [0, 0.1) is 6.92 Å². The molecular weight excluding hydrogens is 434 g/mol. The van der Waals surface area contributed by atoms with Crippen molar-refractivity contribution in [1.82, 2.24) is 14.8 Å². The van der Waals surface area contributed by atoms with Gasteiger partial charge in [0.2, 0.25) is 17.0 Å². The fourth-order valence-electron chi connectivity index (χ4n) is 3.84. The van der Waals surface area contributed by atoms with Crippen LogP contribution in [0.15, 0.2) is 65.0 Å². The Labute approximate surface area is 198 Å². The Morgan fingerprint density at radius 3 is 2.79 bits per heavy atom. The van der Waals surface area contributed by atoms with Crippen LogP contribution in [0.2, 0.25) is 0 Å². The minimum absolute atomic E-state index is 0.465. The van der Waals surface area contributed by atoms with Crippen LogP contribution in [0.4, 0.5) is 5.95 Å². The van der Waals surface area contributed by atoms with E-state index in [4.69, 9.17) is 15.6 Å². The molecule has 1 unspecified atom stereocenters. The fourth-order valence-corrected chi connectivity index (χ4v) is 4.75. The van der Waals surface area contributed by atoms with E-state index in [1.165, 1.54) is 5.56 Å². The number of primary amides is 1. The molecule has 0 spiro atoms. The number of fused-ring (bicyclic) bond motifs is 1. The third-order valence-corrected chi connectivity index (χ3v) is 6.58. The molecule has 33 heavy (non-hydrogen) atoms. The van der Waals surface area contributed by atoms with Gasteiger partial charge in [-0.2, -0.15) is 4.98 Å². The van der Waals surface area contributed by atoms with E-state index in [0.717, 1.165) is 35.5 Å². The van der Waals surface area contributed by atoms with Crippen LogP contribution >= 0.6 is 11.8 Å². The van der Waals surface area contributed by atoms with Crippen LogP contribution in [0.1, 0.15) is 49.4 Å². The van der Waals surface area contributed by atoms with Gasteiger partial charge in [0.15, 0.2) is 0 Å². The van der Waals surface area contributed by atoms with E-state index in [1.807, 2.05) is 43.3 Å². The summed E-state index contributed by atoms with van der Waals surface area (Å²) < 4.78 is 7.84. The lowest BCUT2D eigenvalue weighted by Crippen LogP contribution is -2.31. The zero-order chi connectivity index (χ0) is 23.4. The van der Waals surface area contributed by atoms with Gasteiger partial charge < -0.3 is 15.8 Å². The number of hydrogen-bond acceptors (Lipinski definition) is 6. The molecule has 2 heterocycles. The number of unbranched alkanes of at least 4 members (excludes halogenated alkanes) is 1. The van der Waals surface area contributed by atoms with E-state index >= 15 is 0 Å². The first kappa shape index (κ1) is 22.9. The van der Waals surface area contributed by atoms with Crippen LogP contribution in [-0.4, -0.2) is 26.4 Å². The maximum absolute atomic E-state index is 12.4. The lowest BCUT2D eigenvalue weighted by molar-refractivity contribution is -0.115. The summed E-state index contributed by atoms with van der Waals surface area (Å²) in [6, 6.07) is 15.4. The molecule has 0 aliphatic carbocycles. The number of rotatable bonds is 9. The first-order valence-corrected chi connectivity index (χ1v) is 12.1. The van der Waals surface area contributed by atoms with E-state index < -0.39 is 11.9 Å². The smallest absolute Gasteiger partial charge is 0.248 e. The summed E-state index contributed by atoms with van der Waals surface area (Å²) in [5.41, 5.74) is 10.1. The Kier molecular flexibility index (Phi) is 7.03. The van der Waals surface area contributed by atoms with E-state index in [2.05, 4.69) is 36.3 Å². The van der Waals surface area contributed by atoms with Crippen molar-refractivity contribution in [3.05, 3.63) is 76.5 Å². The zero-order valence-corrected chi connectivity index (χ0v) is 20.0. The number of aromatic nitrogens is 3. The highest BCUT2D eigenvalue weighted by molar-refractivity contribution is 7.99. The van der Waals surface area contributed by atoms with Crippen molar-refractivity contribution in [3.63, 3.8) is 0 Å². The average molecular weight is 464 g/mol. The van der Waals surface area contributed by atoms with Gasteiger partial charge in [0.1, 0.15) is 18.4 Å². The molecule has 0 bridgehead atoms. The lowest BCUT2D eigenvalue weighted by Gasteiger charge is -2.27. The highest BCUT2D eigenvalue weighted by Gasteiger charge is 2.33. The van der Waals surface area contributed by atoms with E-state index in [-0.39, 0.29) is 0 Å². The fraction of sp³-hybridized carbons (Fsp3) is 0.320. The number of hydrogen-bond donors (Lipinski definition) is 2. The molecule has 1 aliphatic heterocycles. The number of allylic oxidation sites excluding steroid dienone is 1. The molecule has 1 aliphatic rings. The Hall–Kier alpha value is -3.26. The van der Waals surface area contributed by atoms with Crippen LogP contribution < -0.4 is 15.8 Å². The summed E-state index contributed by atoms with van der Waals surface area (Å²) in [7, 11) is 0. The van der Waals surface area contributed by atoms with E-state index in [0.29, 0.717) is 29.0 Å². The molecular formula is C25H29N5O2S. The second-order valence-electron chi connectivity index (χ2n) is 8.08. The number of nitrogens with zero attached hydrogens (tertiary/aromatic N) is 3. The SMILES string of the molecule is CCCCSc1nc2n(n1)C(c1cccc(OCc3ccccc3C)c1)C(C(N)=O)=C(C)N2. The molecule has 0 saturated heterocycles. The summed E-state index contributed by atoms with van der Waals surface area (Å²) in [6.45, 7) is 6.53. The molecule has 1 atom stereocenters. The second kappa shape index (κ2) is 10.1. The highest BCUT2D eigenvalue weighted by Crippen LogP contribution is 2.37. The van der Waals surface area contributed by atoms with Crippen molar-refractivity contribution in [2.45, 2.75) is 51.4 Å². The maximum atomic E-state index is 12.4. The number of anilines is 1. The van der Waals surface area contributed by atoms with Crippen molar-refractivity contribution in [2.24, 2.45) is 5.73 Å². The van der Waals surface area contributed by atoms with Crippen molar-refractivity contribution in [2.75, 3.05) is 11.1 Å². The lowest BCUT2D eigenvalue weighted by atomic mass is 9.95. The predicted molar refractivity (Wildman–Crippen MR) is 131 cm³/mol. The highest BCUT2D eigenvalue weighted by atomic mass is 32.2. The number of nitrogens with two attached hydrogens (primary N) is 1. The van der Waals surface area contributed by atoms with Gasteiger partial charge in [0.05, 0.1) is 5.57 Å². The molecule has 7 nitrogen and oxygen atoms in total. The molecule has 1 amide bonds. The van der Waals surface area contributed by atoms with E-state index in [1.54, 1.807) is 16.4 Å². The van der Waals surface area contributed by atoms with E-state index in [9.17, 15) is 4.79 Å².